The predicted molar refractivity (Wildman–Crippen MR) is 124 cm³/mol. The first kappa shape index (κ1) is 21.4. The average molecular weight is 434 g/mol. The van der Waals surface area contributed by atoms with Gasteiger partial charge in [-0.05, 0) is 30.7 Å². The van der Waals surface area contributed by atoms with Crippen molar-refractivity contribution in [2.75, 3.05) is 26.6 Å². The molecule has 0 aliphatic heterocycles. The molecule has 0 saturated carbocycles. The smallest absolute Gasteiger partial charge is 0.344 e. The van der Waals surface area contributed by atoms with E-state index in [4.69, 9.17) is 29.9 Å². The van der Waals surface area contributed by atoms with Crippen LogP contribution >= 0.6 is 0 Å². The molecule has 2 N–H and O–H groups in total. The minimum absolute atomic E-state index is 0.211. The average Bonchev–Trinajstić information content (AvgIpc) is 3.10. The van der Waals surface area contributed by atoms with Crippen LogP contribution in [0, 0.1) is 0 Å². The molecule has 166 valence electrons. The highest BCUT2D eigenvalue weighted by molar-refractivity contribution is 6.09. The molecule has 0 aliphatic rings. The van der Waals surface area contributed by atoms with Crippen LogP contribution in [-0.4, -0.2) is 41.3 Å². The maximum absolute atomic E-state index is 13.0. The van der Waals surface area contributed by atoms with Crippen LogP contribution in [-0.2, 0) is 4.74 Å². The zero-order chi connectivity index (χ0) is 22.7. The van der Waals surface area contributed by atoms with E-state index in [-0.39, 0.29) is 11.4 Å². The Morgan fingerprint density at radius 2 is 1.72 bits per heavy atom. The van der Waals surface area contributed by atoms with Crippen molar-refractivity contribution in [3.63, 3.8) is 0 Å². The molecule has 0 unspecified atom stereocenters. The molecular formula is C24H26N4O4. The number of methoxy groups -OCH3 is 2. The number of nitrogens with two attached hydrogens (primary N) is 1. The summed E-state index contributed by atoms with van der Waals surface area (Å²) in [6, 6.07) is 12.9. The molecular weight excluding hydrogens is 408 g/mol. The Balaban J connectivity index is 1.91. The van der Waals surface area contributed by atoms with Crippen molar-refractivity contribution >= 4 is 34.0 Å². The minimum atomic E-state index is -0.507. The lowest BCUT2D eigenvalue weighted by Gasteiger charge is -2.12. The SMILES string of the molecule is CCCCCOC(=O)c1c(N)n(-c2ccc(OC)c(OC)c2)c2nc3ccccc3nc12. The molecule has 0 bridgehead atoms. The fourth-order valence-electron chi connectivity index (χ4n) is 3.68. The van der Waals surface area contributed by atoms with Crippen LogP contribution in [0.4, 0.5) is 5.82 Å². The number of carbonyl (C=O) groups is 1. The highest BCUT2D eigenvalue weighted by Gasteiger charge is 2.26. The quantitative estimate of drug-likeness (QED) is 0.321. The van der Waals surface area contributed by atoms with Gasteiger partial charge in [0.1, 0.15) is 16.9 Å². The topological polar surface area (TPSA) is 101 Å². The third-order valence-corrected chi connectivity index (χ3v) is 5.31. The zero-order valence-corrected chi connectivity index (χ0v) is 18.4. The lowest BCUT2D eigenvalue weighted by Crippen LogP contribution is -2.10. The highest BCUT2D eigenvalue weighted by atomic mass is 16.5. The van der Waals surface area contributed by atoms with Gasteiger partial charge in [-0.25, -0.2) is 14.8 Å². The molecule has 4 aromatic rings. The van der Waals surface area contributed by atoms with E-state index < -0.39 is 5.97 Å². The van der Waals surface area contributed by atoms with Gasteiger partial charge in [-0.2, -0.15) is 0 Å². The summed E-state index contributed by atoms with van der Waals surface area (Å²) in [5.41, 5.74) is 9.63. The van der Waals surface area contributed by atoms with Gasteiger partial charge in [0.25, 0.3) is 0 Å². The van der Waals surface area contributed by atoms with Gasteiger partial charge in [-0.3, -0.25) is 4.57 Å². The van der Waals surface area contributed by atoms with Crippen LogP contribution in [0.15, 0.2) is 42.5 Å². The van der Waals surface area contributed by atoms with E-state index in [9.17, 15) is 4.79 Å². The highest BCUT2D eigenvalue weighted by Crippen LogP contribution is 2.35. The van der Waals surface area contributed by atoms with Gasteiger partial charge in [0.2, 0.25) is 0 Å². The molecule has 8 heteroatoms. The van der Waals surface area contributed by atoms with Gasteiger partial charge in [0.15, 0.2) is 17.1 Å². The van der Waals surface area contributed by atoms with Crippen LogP contribution in [0.5, 0.6) is 11.5 Å². The van der Waals surface area contributed by atoms with Gasteiger partial charge in [0, 0.05) is 6.07 Å². The molecule has 32 heavy (non-hydrogen) atoms. The lowest BCUT2D eigenvalue weighted by atomic mass is 10.2. The predicted octanol–water partition coefficient (Wildman–Crippen LogP) is 4.52. The molecule has 2 aromatic heterocycles. The van der Waals surface area contributed by atoms with E-state index in [1.807, 2.05) is 30.3 Å². The van der Waals surface area contributed by atoms with Gasteiger partial charge in [-0.1, -0.05) is 31.9 Å². The summed E-state index contributed by atoms with van der Waals surface area (Å²) >= 11 is 0. The van der Waals surface area contributed by atoms with Gasteiger partial charge < -0.3 is 19.9 Å². The third-order valence-electron chi connectivity index (χ3n) is 5.31. The van der Waals surface area contributed by atoms with E-state index in [2.05, 4.69) is 6.92 Å². The maximum atomic E-state index is 13.0. The number of nitrogens with zero attached hydrogens (tertiary/aromatic N) is 3. The van der Waals surface area contributed by atoms with Crippen LogP contribution < -0.4 is 15.2 Å². The van der Waals surface area contributed by atoms with E-state index in [0.717, 1.165) is 19.3 Å². The Morgan fingerprint density at radius 1 is 1.00 bits per heavy atom. The van der Waals surface area contributed by atoms with Crippen molar-refractivity contribution in [1.29, 1.82) is 0 Å². The first-order valence-corrected chi connectivity index (χ1v) is 10.5. The van der Waals surface area contributed by atoms with Crippen molar-refractivity contribution in [2.45, 2.75) is 26.2 Å². The molecule has 0 saturated heterocycles. The van der Waals surface area contributed by atoms with Gasteiger partial charge in [-0.15, -0.1) is 0 Å². The molecule has 0 amide bonds. The van der Waals surface area contributed by atoms with Crippen molar-refractivity contribution in [2.24, 2.45) is 0 Å². The third kappa shape index (κ3) is 3.79. The number of rotatable bonds is 8. The van der Waals surface area contributed by atoms with Crippen molar-refractivity contribution in [3.8, 4) is 17.2 Å². The summed E-state index contributed by atoms with van der Waals surface area (Å²) in [4.78, 5) is 22.5. The number of benzene rings is 2. The van der Waals surface area contributed by atoms with E-state index in [0.29, 0.717) is 46.0 Å². The van der Waals surface area contributed by atoms with E-state index in [1.54, 1.807) is 30.9 Å². The van der Waals surface area contributed by atoms with E-state index in [1.165, 1.54) is 0 Å². The molecule has 0 spiro atoms. The number of hydrogen-bond donors (Lipinski definition) is 1. The molecule has 4 rings (SSSR count). The number of unbranched alkanes of at least 4 members (excludes halogenated alkanes) is 2. The molecule has 2 aromatic carbocycles. The number of aromatic nitrogens is 3. The Hall–Kier alpha value is -3.81. The van der Waals surface area contributed by atoms with Crippen LogP contribution in [0.2, 0.25) is 0 Å². The number of ether oxygens (including phenoxy) is 3. The Bertz CT molecular complexity index is 1280. The van der Waals surface area contributed by atoms with Crippen molar-refractivity contribution in [3.05, 3.63) is 48.0 Å². The maximum Gasteiger partial charge on any atom is 0.344 e. The van der Waals surface area contributed by atoms with Crippen LogP contribution in [0.1, 0.15) is 36.5 Å². The van der Waals surface area contributed by atoms with Gasteiger partial charge >= 0.3 is 5.97 Å². The second kappa shape index (κ2) is 9.13. The molecule has 0 aliphatic carbocycles. The van der Waals surface area contributed by atoms with Crippen LogP contribution in [0.25, 0.3) is 27.9 Å². The number of hydrogen-bond acceptors (Lipinski definition) is 7. The lowest BCUT2D eigenvalue weighted by molar-refractivity contribution is 0.0501. The Morgan fingerprint density at radius 3 is 2.41 bits per heavy atom. The molecule has 0 radical (unpaired) electrons. The zero-order valence-electron chi connectivity index (χ0n) is 18.4. The molecule has 8 nitrogen and oxygen atoms in total. The number of anilines is 1. The fourth-order valence-corrected chi connectivity index (χ4v) is 3.68. The van der Waals surface area contributed by atoms with Crippen LogP contribution in [0.3, 0.4) is 0 Å². The normalized spacial score (nSPS) is 11.1. The Kier molecular flexibility index (Phi) is 6.11. The number of esters is 1. The van der Waals surface area contributed by atoms with Gasteiger partial charge in [0.05, 0.1) is 37.5 Å². The first-order chi connectivity index (χ1) is 15.6. The fraction of sp³-hybridized carbons (Fsp3) is 0.292. The largest absolute Gasteiger partial charge is 0.493 e. The molecule has 0 atom stereocenters. The summed E-state index contributed by atoms with van der Waals surface area (Å²) < 4.78 is 18.0. The Labute approximate surface area is 185 Å². The number of nitrogen functional groups attached to an aromatic ring is 1. The summed E-state index contributed by atoms with van der Waals surface area (Å²) in [7, 11) is 3.13. The number of para-hydroxylation sites is 2. The summed E-state index contributed by atoms with van der Waals surface area (Å²) in [6.07, 6.45) is 2.82. The number of fused-ring (bicyclic) bond motifs is 2. The second-order valence-corrected chi connectivity index (χ2v) is 7.36. The first-order valence-electron chi connectivity index (χ1n) is 10.5. The summed E-state index contributed by atoms with van der Waals surface area (Å²) in [6.45, 7) is 2.42. The van der Waals surface area contributed by atoms with Crippen molar-refractivity contribution < 1.29 is 19.0 Å². The summed E-state index contributed by atoms with van der Waals surface area (Å²) in [5, 5.41) is 0. The van der Waals surface area contributed by atoms with Crippen molar-refractivity contribution in [1.82, 2.24) is 14.5 Å². The molecule has 2 heterocycles. The monoisotopic (exact) mass is 434 g/mol. The summed E-state index contributed by atoms with van der Waals surface area (Å²) in [5.74, 6) is 0.817. The number of carbonyl (C=O) groups excluding carboxylic acids is 1. The second-order valence-electron chi connectivity index (χ2n) is 7.36. The minimum Gasteiger partial charge on any atom is -0.493 e. The van der Waals surface area contributed by atoms with E-state index >= 15 is 0 Å². The molecule has 0 fully saturated rings. The standard InChI is InChI=1S/C24H26N4O4/c1-4-5-8-13-32-24(29)20-21-23(27-17-10-7-6-9-16(17)26-21)28(22(20)25)15-11-12-18(30-2)19(14-15)31-3/h6-7,9-12,14H,4-5,8,13,25H2,1-3H3.